The monoisotopic (exact) mass is 439 g/mol. The van der Waals surface area contributed by atoms with E-state index in [2.05, 4.69) is 20.7 Å². The van der Waals surface area contributed by atoms with E-state index in [0.717, 1.165) is 5.56 Å². The van der Waals surface area contributed by atoms with Crippen molar-refractivity contribution in [3.8, 4) is 11.4 Å². The number of aromatic nitrogens is 3. The first-order valence-electron chi connectivity index (χ1n) is 9.55. The summed E-state index contributed by atoms with van der Waals surface area (Å²) in [7, 11) is 0. The molecule has 158 valence electrons. The van der Waals surface area contributed by atoms with Crippen LogP contribution in [-0.2, 0) is 14.3 Å². The second-order valence-electron chi connectivity index (χ2n) is 6.77. The predicted octanol–water partition coefficient (Wildman–Crippen LogP) is 3.30. The number of ether oxygens (including phenoxy) is 1. The summed E-state index contributed by atoms with van der Waals surface area (Å²) < 4.78 is 6.34. The largest absolute Gasteiger partial charge is 0.462 e. The lowest BCUT2D eigenvalue weighted by molar-refractivity contribution is -0.123. The van der Waals surface area contributed by atoms with Gasteiger partial charge in [-0.2, -0.15) is 4.98 Å². The fraction of sp³-hybridized carbons (Fsp3) is 0.190. The van der Waals surface area contributed by atoms with Crippen LogP contribution in [0.3, 0.4) is 0 Å². The van der Waals surface area contributed by atoms with Gasteiger partial charge in [0.05, 0.1) is 18.6 Å². The van der Waals surface area contributed by atoms with Crippen molar-refractivity contribution >= 4 is 41.0 Å². The first-order valence-corrected chi connectivity index (χ1v) is 9.93. The van der Waals surface area contributed by atoms with Crippen LogP contribution in [0.5, 0.6) is 0 Å². The van der Waals surface area contributed by atoms with Crippen LogP contribution < -0.4 is 10.6 Å². The van der Waals surface area contributed by atoms with Gasteiger partial charge in [0.15, 0.2) is 5.82 Å². The highest BCUT2D eigenvalue weighted by Crippen LogP contribution is 2.29. The number of hydrogen-bond donors (Lipinski definition) is 2. The second kappa shape index (κ2) is 8.57. The summed E-state index contributed by atoms with van der Waals surface area (Å²) in [5.41, 5.74) is 1.62. The molecule has 1 aromatic heterocycles. The fourth-order valence-electron chi connectivity index (χ4n) is 3.12. The Morgan fingerprint density at radius 3 is 2.55 bits per heavy atom. The molecular formula is C21H18ClN5O4. The highest BCUT2D eigenvalue weighted by Gasteiger charge is 2.35. The van der Waals surface area contributed by atoms with Crippen LogP contribution in [0.2, 0.25) is 5.02 Å². The molecule has 0 radical (unpaired) electrons. The Labute approximate surface area is 182 Å². The van der Waals surface area contributed by atoms with Crippen molar-refractivity contribution in [2.75, 3.05) is 17.2 Å². The number of esters is 1. The molecule has 2 N–H and O–H groups in total. The first kappa shape index (κ1) is 20.5. The van der Waals surface area contributed by atoms with Gasteiger partial charge in [-0.25, -0.2) is 9.48 Å². The fourth-order valence-corrected chi connectivity index (χ4v) is 3.25. The lowest BCUT2D eigenvalue weighted by Gasteiger charge is -2.10. The molecule has 2 aromatic carbocycles. The molecule has 9 nitrogen and oxygen atoms in total. The van der Waals surface area contributed by atoms with Gasteiger partial charge in [0, 0.05) is 16.3 Å². The average Bonchev–Trinajstić information content (AvgIpc) is 3.28. The van der Waals surface area contributed by atoms with Crippen molar-refractivity contribution in [3.05, 3.63) is 59.1 Å². The molecule has 3 aromatic rings. The van der Waals surface area contributed by atoms with E-state index >= 15 is 0 Å². The summed E-state index contributed by atoms with van der Waals surface area (Å²) in [4.78, 5) is 40.8. The number of anilines is 2. The van der Waals surface area contributed by atoms with E-state index in [4.69, 9.17) is 16.3 Å². The number of halogens is 1. The van der Waals surface area contributed by atoms with Gasteiger partial charge in [-0.15, -0.1) is 5.10 Å². The highest BCUT2D eigenvalue weighted by atomic mass is 35.5. The zero-order valence-electron chi connectivity index (χ0n) is 16.5. The Kier molecular flexibility index (Phi) is 5.68. The SMILES string of the molecule is CCOC(=O)c1ccc(NC(=O)C[C@@H]2C(=O)Nc3nc(-c4ccc(Cl)cc4)nn32)cc1. The van der Waals surface area contributed by atoms with E-state index in [1.165, 1.54) is 4.68 Å². The summed E-state index contributed by atoms with van der Waals surface area (Å²) in [6.45, 7) is 2.01. The number of fused-ring (bicyclic) bond motifs is 1. The van der Waals surface area contributed by atoms with Gasteiger partial charge in [0.1, 0.15) is 6.04 Å². The van der Waals surface area contributed by atoms with Crippen LogP contribution in [0.4, 0.5) is 11.6 Å². The second-order valence-corrected chi connectivity index (χ2v) is 7.20. The molecule has 0 spiro atoms. The first-order chi connectivity index (χ1) is 14.9. The standard InChI is InChI=1S/C21H18ClN5O4/c1-2-31-20(30)13-5-9-15(10-6-13)23-17(28)11-16-19(29)25-21-24-18(26-27(16)21)12-3-7-14(22)8-4-12/h3-10,16H,2,11H2,1H3,(H,23,28)(H,24,25,26,29)/t16-/m1/s1. The number of carbonyl (C=O) groups is 3. The Hall–Kier alpha value is -3.72. The van der Waals surface area contributed by atoms with Gasteiger partial charge in [-0.3, -0.25) is 14.9 Å². The summed E-state index contributed by atoms with van der Waals surface area (Å²) in [6.07, 6.45) is -0.123. The molecule has 1 aliphatic rings. The van der Waals surface area contributed by atoms with E-state index in [-0.39, 0.29) is 30.8 Å². The number of nitrogens with one attached hydrogen (secondary N) is 2. The van der Waals surface area contributed by atoms with Crippen molar-refractivity contribution in [2.45, 2.75) is 19.4 Å². The van der Waals surface area contributed by atoms with Crippen LogP contribution in [0, 0.1) is 0 Å². The minimum atomic E-state index is -0.817. The third-order valence-electron chi connectivity index (χ3n) is 4.63. The van der Waals surface area contributed by atoms with Gasteiger partial charge in [0.25, 0.3) is 5.91 Å². The smallest absolute Gasteiger partial charge is 0.338 e. The van der Waals surface area contributed by atoms with Crippen molar-refractivity contribution < 1.29 is 19.1 Å². The molecule has 0 saturated carbocycles. The number of rotatable bonds is 6. The third-order valence-corrected chi connectivity index (χ3v) is 4.88. The molecule has 0 unspecified atom stereocenters. The Balaban J connectivity index is 1.44. The van der Waals surface area contributed by atoms with Gasteiger partial charge in [-0.1, -0.05) is 11.6 Å². The minimum Gasteiger partial charge on any atom is -0.462 e. The maximum atomic E-state index is 12.5. The summed E-state index contributed by atoms with van der Waals surface area (Å²) in [5, 5.41) is 10.3. The molecule has 2 amide bonds. The zero-order chi connectivity index (χ0) is 22.0. The van der Waals surface area contributed by atoms with E-state index in [1.807, 2.05) is 0 Å². The summed E-state index contributed by atoms with van der Waals surface area (Å²) in [6, 6.07) is 12.5. The van der Waals surface area contributed by atoms with E-state index in [9.17, 15) is 14.4 Å². The van der Waals surface area contributed by atoms with Crippen molar-refractivity contribution in [3.63, 3.8) is 0 Å². The van der Waals surface area contributed by atoms with E-state index < -0.39 is 12.0 Å². The van der Waals surface area contributed by atoms with Gasteiger partial charge in [-0.05, 0) is 55.5 Å². The molecule has 0 bridgehead atoms. The normalized spacial score (nSPS) is 14.6. The summed E-state index contributed by atoms with van der Waals surface area (Å²) in [5.74, 6) is -0.456. The Bertz CT molecular complexity index is 1140. The molecule has 2 heterocycles. The molecule has 0 saturated heterocycles. The topological polar surface area (TPSA) is 115 Å². The van der Waals surface area contributed by atoms with Crippen molar-refractivity contribution in [1.82, 2.24) is 14.8 Å². The van der Waals surface area contributed by atoms with Crippen molar-refractivity contribution in [2.24, 2.45) is 0 Å². The lowest BCUT2D eigenvalue weighted by Crippen LogP contribution is -2.23. The maximum Gasteiger partial charge on any atom is 0.338 e. The average molecular weight is 440 g/mol. The zero-order valence-corrected chi connectivity index (χ0v) is 17.2. The molecule has 0 fully saturated rings. The van der Waals surface area contributed by atoms with Crippen molar-refractivity contribution in [1.29, 1.82) is 0 Å². The lowest BCUT2D eigenvalue weighted by atomic mass is 10.1. The number of amides is 2. The molecule has 0 aliphatic carbocycles. The Morgan fingerprint density at radius 2 is 1.87 bits per heavy atom. The van der Waals surface area contributed by atoms with Crippen LogP contribution in [0.25, 0.3) is 11.4 Å². The summed E-state index contributed by atoms with van der Waals surface area (Å²) >= 11 is 5.91. The molecule has 1 aliphatic heterocycles. The van der Waals surface area contributed by atoms with Crippen LogP contribution in [-0.4, -0.2) is 39.2 Å². The van der Waals surface area contributed by atoms with E-state index in [0.29, 0.717) is 22.1 Å². The van der Waals surface area contributed by atoms with Crippen LogP contribution >= 0.6 is 11.6 Å². The molecule has 1 atom stereocenters. The van der Waals surface area contributed by atoms with Crippen LogP contribution in [0.1, 0.15) is 29.7 Å². The minimum absolute atomic E-state index is 0.123. The Morgan fingerprint density at radius 1 is 1.16 bits per heavy atom. The molecule has 31 heavy (non-hydrogen) atoms. The maximum absolute atomic E-state index is 12.5. The van der Waals surface area contributed by atoms with Gasteiger partial charge in [0.2, 0.25) is 11.9 Å². The number of nitrogens with zero attached hydrogens (tertiary/aromatic N) is 3. The van der Waals surface area contributed by atoms with Crippen LogP contribution in [0.15, 0.2) is 48.5 Å². The molecule has 10 heteroatoms. The van der Waals surface area contributed by atoms with E-state index in [1.54, 1.807) is 55.5 Å². The predicted molar refractivity (Wildman–Crippen MR) is 114 cm³/mol. The van der Waals surface area contributed by atoms with Gasteiger partial charge < -0.3 is 10.1 Å². The van der Waals surface area contributed by atoms with Gasteiger partial charge >= 0.3 is 5.97 Å². The number of carbonyl (C=O) groups excluding carboxylic acids is 3. The quantitative estimate of drug-likeness (QED) is 0.569. The third kappa shape index (κ3) is 4.41. The molecule has 4 rings (SSSR count). The number of hydrogen-bond acceptors (Lipinski definition) is 6. The highest BCUT2D eigenvalue weighted by molar-refractivity contribution is 6.30. The molecular weight excluding hydrogens is 422 g/mol. The number of benzene rings is 2.